The molecule has 0 bridgehead atoms. The summed E-state index contributed by atoms with van der Waals surface area (Å²) in [5, 5.41) is 25.1. The summed E-state index contributed by atoms with van der Waals surface area (Å²) >= 11 is 0. The van der Waals surface area contributed by atoms with Gasteiger partial charge in [-0.3, -0.25) is 4.79 Å². The minimum Gasteiger partial charge on any atom is -0.481 e. The summed E-state index contributed by atoms with van der Waals surface area (Å²) in [6, 6.07) is 1.74. The molecule has 16 heavy (non-hydrogen) atoms. The number of esters is 1. The van der Waals surface area contributed by atoms with E-state index in [4.69, 9.17) is 15.6 Å². The quantitative estimate of drug-likeness (QED) is 0.395. The number of carbonyl (C=O) groups is 2. The molecule has 0 rings (SSSR count). The first-order valence-corrected chi connectivity index (χ1v) is 4.83. The summed E-state index contributed by atoms with van der Waals surface area (Å²) in [4.78, 5) is 21.2. The Kier molecular flexibility index (Phi) is 7.17. The molecule has 0 aromatic rings. The first-order valence-electron chi connectivity index (χ1n) is 4.83. The predicted octanol–water partition coefficient (Wildman–Crippen LogP) is 1.19. The highest BCUT2D eigenvalue weighted by atomic mass is 16.5. The molecular formula is C10H12N2O4. The maximum atomic E-state index is 11.0. The van der Waals surface area contributed by atoms with Crippen LogP contribution in [0.15, 0.2) is 0 Å². The number of hydrogen-bond acceptors (Lipinski definition) is 5. The van der Waals surface area contributed by atoms with E-state index in [9.17, 15) is 9.59 Å². The van der Waals surface area contributed by atoms with E-state index < -0.39 is 17.9 Å². The molecule has 0 radical (unpaired) electrons. The third-order valence-electron chi connectivity index (χ3n) is 1.97. The zero-order valence-corrected chi connectivity index (χ0v) is 8.68. The van der Waals surface area contributed by atoms with E-state index in [1.807, 2.05) is 0 Å². The number of nitrogens with zero attached hydrogens (tertiary/aromatic N) is 2. The Balaban J connectivity index is 3.73. The number of rotatable bonds is 7. The Labute approximate surface area is 93.0 Å². The van der Waals surface area contributed by atoms with Gasteiger partial charge in [0.2, 0.25) is 0 Å². The first kappa shape index (κ1) is 13.9. The molecule has 1 atom stereocenters. The van der Waals surface area contributed by atoms with Crippen molar-refractivity contribution in [3.63, 3.8) is 0 Å². The van der Waals surface area contributed by atoms with Crippen LogP contribution in [0.5, 0.6) is 0 Å². The number of nitriles is 2. The average Bonchev–Trinajstić information content (AvgIpc) is 2.23. The number of ether oxygens (including phenoxy) is 1. The third kappa shape index (κ3) is 6.39. The monoisotopic (exact) mass is 224 g/mol. The van der Waals surface area contributed by atoms with Gasteiger partial charge in [-0.25, -0.2) is 4.79 Å². The molecule has 1 N–H and O–H groups in total. The highest BCUT2D eigenvalue weighted by Crippen LogP contribution is 2.11. The van der Waals surface area contributed by atoms with Gasteiger partial charge in [0.15, 0.2) is 0 Å². The van der Waals surface area contributed by atoms with Crippen molar-refractivity contribution in [2.24, 2.45) is 5.92 Å². The predicted molar refractivity (Wildman–Crippen MR) is 51.5 cm³/mol. The Morgan fingerprint density at radius 2 is 1.94 bits per heavy atom. The summed E-state index contributed by atoms with van der Waals surface area (Å²) in [5.41, 5.74) is 0. The second-order valence-electron chi connectivity index (χ2n) is 3.19. The Hall–Kier alpha value is -2.08. The molecule has 0 aliphatic heterocycles. The van der Waals surface area contributed by atoms with Gasteiger partial charge in [0.1, 0.15) is 5.92 Å². The molecular weight excluding hydrogens is 212 g/mol. The standard InChI is InChI=1S/C10H12N2O4/c11-6-8(10(15)16-7-12)4-2-1-3-5-9(13)14/h8H,1-5H2,(H,13,14). The highest BCUT2D eigenvalue weighted by Gasteiger charge is 2.19. The van der Waals surface area contributed by atoms with Gasteiger partial charge in [0.05, 0.1) is 6.07 Å². The van der Waals surface area contributed by atoms with Gasteiger partial charge < -0.3 is 9.84 Å². The second kappa shape index (κ2) is 8.25. The average molecular weight is 224 g/mol. The van der Waals surface area contributed by atoms with Crippen LogP contribution in [0, 0.1) is 28.8 Å². The molecule has 0 saturated carbocycles. The molecule has 0 heterocycles. The van der Waals surface area contributed by atoms with Crippen LogP contribution in [-0.4, -0.2) is 17.0 Å². The lowest BCUT2D eigenvalue weighted by atomic mass is 10.0. The van der Waals surface area contributed by atoms with E-state index >= 15 is 0 Å². The van der Waals surface area contributed by atoms with Crippen molar-refractivity contribution < 1.29 is 19.4 Å². The number of carbonyl (C=O) groups excluding carboxylic acids is 1. The van der Waals surface area contributed by atoms with Gasteiger partial charge in [-0.15, -0.1) is 5.26 Å². The molecule has 0 aromatic heterocycles. The van der Waals surface area contributed by atoms with Crippen LogP contribution in [0.4, 0.5) is 0 Å². The smallest absolute Gasteiger partial charge is 0.338 e. The summed E-state index contributed by atoms with van der Waals surface area (Å²) in [6.45, 7) is 0. The minimum absolute atomic E-state index is 0.0832. The van der Waals surface area contributed by atoms with E-state index in [2.05, 4.69) is 4.74 Å². The summed E-state index contributed by atoms with van der Waals surface area (Å²) in [5.74, 6) is -2.64. The van der Waals surface area contributed by atoms with Crippen molar-refractivity contribution in [1.29, 1.82) is 10.5 Å². The Morgan fingerprint density at radius 3 is 2.44 bits per heavy atom. The summed E-state index contributed by atoms with van der Waals surface area (Å²) in [6.07, 6.45) is 3.30. The fraction of sp³-hybridized carbons (Fsp3) is 0.600. The van der Waals surface area contributed by atoms with Crippen molar-refractivity contribution in [2.75, 3.05) is 0 Å². The molecule has 0 aliphatic carbocycles. The van der Waals surface area contributed by atoms with Crippen molar-refractivity contribution >= 4 is 11.9 Å². The minimum atomic E-state index is -0.940. The van der Waals surface area contributed by atoms with Crippen LogP contribution in [-0.2, 0) is 14.3 Å². The third-order valence-corrected chi connectivity index (χ3v) is 1.97. The molecule has 0 aromatic carbocycles. The fourth-order valence-electron chi connectivity index (χ4n) is 1.15. The molecule has 86 valence electrons. The Morgan fingerprint density at radius 1 is 1.25 bits per heavy atom. The molecule has 0 fully saturated rings. The lowest BCUT2D eigenvalue weighted by molar-refractivity contribution is -0.140. The largest absolute Gasteiger partial charge is 0.481 e. The zero-order chi connectivity index (χ0) is 12.4. The number of unbranched alkanes of at least 4 members (excludes halogenated alkanes) is 2. The normalized spacial score (nSPS) is 10.9. The lowest BCUT2D eigenvalue weighted by Crippen LogP contribution is -2.13. The van der Waals surface area contributed by atoms with Crippen LogP contribution in [0.3, 0.4) is 0 Å². The van der Waals surface area contributed by atoms with Gasteiger partial charge in [-0.2, -0.15) is 5.26 Å². The lowest BCUT2D eigenvalue weighted by Gasteiger charge is -2.03. The molecule has 0 aliphatic rings. The van der Waals surface area contributed by atoms with E-state index in [1.165, 1.54) is 6.26 Å². The second-order valence-corrected chi connectivity index (χ2v) is 3.19. The number of carboxylic acids is 1. The molecule has 0 saturated heterocycles. The van der Waals surface area contributed by atoms with E-state index in [-0.39, 0.29) is 12.8 Å². The zero-order valence-electron chi connectivity index (χ0n) is 8.68. The van der Waals surface area contributed by atoms with Gasteiger partial charge in [-0.1, -0.05) is 12.8 Å². The number of carboxylic acid groups (broad SMARTS) is 1. The van der Waals surface area contributed by atoms with E-state index in [0.717, 1.165) is 0 Å². The van der Waals surface area contributed by atoms with Crippen molar-refractivity contribution in [1.82, 2.24) is 0 Å². The van der Waals surface area contributed by atoms with Gasteiger partial charge in [0, 0.05) is 6.42 Å². The van der Waals surface area contributed by atoms with Crippen LogP contribution in [0.1, 0.15) is 32.1 Å². The summed E-state index contributed by atoms with van der Waals surface area (Å²) in [7, 11) is 0. The van der Waals surface area contributed by atoms with Crippen molar-refractivity contribution in [3.05, 3.63) is 0 Å². The molecule has 0 spiro atoms. The van der Waals surface area contributed by atoms with Gasteiger partial charge >= 0.3 is 11.9 Å². The first-order chi connectivity index (χ1) is 7.61. The topological polar surface area (TPSA) is 111 Å². The van der Waals surface area contributed by atoms with Crippen LogP contribution >= 0.6 is 0 Å². The van der Waals surface area contributed by atoms with Gasteiger partial charge in [-0.05, 0) is 12.8 Å². The highest BCUT2D eigenvalue weighted by molar-refractivity contribution is 5.75. The van der Waals surface area contributed by atoms with Crippen LogP contribution in [0.2, 0.25) is 0 Å². The number of hydrogen-bond donors (Lipinski definition) is 1. The SMILES string of the molecule is N#COC(=O)C(C#N)CCCCCC(=O)O. The van der Waals surface area contributed by atoms with Crippen LogP contribution < -0.4 is 0 Å². The molecule has 1 unspecified atom stereocenters. The fourth-order valence-corrected chi connectivity index (χ4v) is 1.15. The number of aliphatic carboxylic acids is 1. The maximum absolute atomic E-state index is 11.0. The maximum Gasteiger partial charge on any atom is 0.338 e. The Bertz CT molecular complexity index is 327. The van der Waals surface area contributed by atoms with E-state index in [1.54, 1.807) is 6.07 Å². The molecule has 0 amide bonds. The molecule has 6 heteroatoms. The van der Waals surface area contributed by atoms with Gasteiger partial charge in [0.25, 0.3) is 6.26 Å². The molecule has 6 nitrogen and oxygen atoms in total. The summed E-state index contributed by atoms with van der Waals surface area (Å²) < 4.78 is 4.04. The van der Waals surface area contributed by atoms with Crippen molar-refractivity contribution in [2.45, 2.75) is 32.1 Å². The van der Waals surface area contributed by atoms with Crippen molar-refractivity contribution in [3.8, 4) is 12.3 Å². The van der Waals surface area contributed by atoms with E-state index in [0.29, 0.717) is 19.3 Å². The van der Waals surface area contributed by atoms with Crippen LogP contribution in [0.25, 0.3) is 0 Å².